The van der Waals surface area contributed by atoms with E-state index < -0.39 is 35.7 Å². The van der Waals surface area contributed by atoms with E-state index >= 15 is 0 Å². The molecule has 0 saturated carbocycles. The van der Waals surface area contributed by atoms with Crippen molar-refractivity contribution in [3.63, 3.8) is 0 Å². The van der Waals surface area contributed by atoms with Crippen molar-refractivity contribution >= 4 is 17.5 Å². The van der Waals surface area contributed by atoms with Gasteiger partial charge >= 0.3 is 12.4 Å². The zero-order valence-corrected chi connectivity index (χ0v) is 20.0. The molecule has 1 aliphatic rings. The summed E-state index contributed by atoms with van der Waals surface area (Å²) >= 11 is 0. The fraction of sp³-hybridized carbons (Fsp3) is 0.360. The number of hydrogen-bond donors (Lipinski definition) is 2. The number of benzene rings is 1. The number of hydrogen-bond acceptors (Lipinski definition) is 6. The van der Waals surface area contributed by atoms with Gasteiger partial charge in [0.05, 0.1) is 5.56 Å². The number of halogens is 6. The number of amides is 1. The highest BCUT2D eigenvalue weighted by Gasteiger charge is 2.38. The molecule has 7 nitrogen and oxygen atoms in total. The second-order valence-corrected chi connectivity index (χ2v) is 8.73. The maximum absolute atomic E-state index is 13.6. The Morgan fingerprint density at radius 1 is 0.947 bits per heavy atom. The molecule has 2 aromatic heterocycles. The third-order valence-corrected chi connectivity index (χ3v) is 6.03. The highest BCUT2D eigenvalue weighted by Crippen LogP contribution is 2.32. The van der Waals surface area contributed by atoms with E-state index in [0.29, 0.717) is 31.4 Å². The Morgan fingerprint density at radius 3 is 2.32 bits per heavy atom. The van der Waals surface area contributed by atoms with Gasteiger partial charge < -0.3 is 15.5 Å². The maximum Gasteiger partial charge on any atom is 0.451 e. The zero-order valence-electron chi connectivity index (χ0n) is 20.0. The van der Waals surface area contributed by atoms with Crippen LogP contribution in [-0.2, 0) is 30.1 Å². The molecule has 13 heteroatoms. The number of anilines is 2. The minimum atomic E-state index is -4.79. The molecule has 0 radical (unpaired) electrons. The van der Waals surface area contributed by atoms with Crippen molar-refractivity contribution in [3.05, 3.63) is 77.4 Å². The van der Waals surface area contributed by atoms with E-state index in [2.05, 4.69) is 25.6 Å². The topological polar surface area (TPSA) is 83.0 Å². The molecule has 0 bridgehead atoms. The van der Waals surface area contributed by atoms with Crippen LogP contribution in [0.5, 0.6) is 0 Å². The first-order chi connectivity index (χ1) is 18.0. The number of carbonyl (C=O) groups excluding carboxylic acids is 1. The van der Waals surface area contributed by atoms with Crippen molar-refractivity contribution in [1.29, 1.82) is 0 Å². The predicted molar refractivity (Wildman–Crippen MR) is 127 cm³/mol. The normalized spacial score (nSPS) is 15.9. The van der Waals surface area contributed by atoms with E-state index in [0.717, 1.165) is 17.7 Å². The second-order valence-electron chi connectivity index (χ2n) is 8.73. The quantitative estimate of drug-likeness (QED) is 0.399. The second kappa shape index (κ2) is 11.2. The molecule has 1 aliphatic heterocycles. The lowest BCUT2D eigenvalue weighted by Crippen LogP contribution is -2.44. The van der Waals surface area contributed by atoms with Gasteiger partial charge in [-0.3, -0.25) is 9.78 Å². The van der Waals surface area contributed by atoms with Gasteiger partial charge in [-0.2, -0.15) is 26.3 Å². The summed E-state index contributed by atoms with van der Waals surface area (Å²) in [6.45, 7) is 0.698. The van der Waals surface area contributed by atoms with Crippen molar-refractivity contribution in [1.82, 2.24) is 20.3 Å². The number of carbonyl (C=O) groups is 1. The highest BCUT2D eigenvalue weighted by molar-refractivity contribution is 5.85. The molecule has 0 aliphatic carbocycles. The highest BCUT2D eigenvalue weighted by atomic mass is 19.4. The number of alkyl halides is 6. The molecular formula is C25H24F6N6O. The van der Waals surface area contributed by atoms with E-state index in [1.165, 1.54) is 23.1 Å². The average Bonchev–Trinajstić information content (AvgIpc) is 3.37. The molecule has 3 aromatic rings. The van der Waals surface area contributed by atoms with Crippen LogP contribution >= 0.6 is 0 Å². The van der Waals surface area contributed by atoms with Crippen LogP contribution in [0, 0.1) is 0 Å². The fourth-order valence-corrected chi connectivity index (χ4v) is 4.11. The molecule has 0 unspecified atom stereocenters. The van der Waals surface area contributed by atoms with Crippen LogP contribution in [0.1, 0.15) is 35.4 Å². The van der Waals surface area contributed by atoms with E-state index in [1.54, 1.807) is 24.5 Å². The third kappa shape index (κ3) is 6.90. The Bertz CT molecular complexity index is 1230. The Labute approximate surface area is 214 Å². The monoisotopic (exact) mass is 538 g/mol. The molecule has 1 atom stereocenters. The molecule has 4 rings (SSSR count). The average molecular weight is 538 g/mol. The number of rotatable bonds is 8. The Balaban J connectivity index is 1.43. The summed E-state index contributed by atoms with van der Waals surface area (Å²) in [6.07, 6.45) is -4.81. The van der Waals surface area contributed by atoms with Crippen molar-refractivity contribution in [3.8, 4) is 0 Å². The molecule has 2 N–H and O–H groups in total. The molecule has 1 saturated heterocycles. The Kier molecular flexibility index (Phi) is 8.02. The molecule has 0 spiro atoms. The first kappa shape index (κ1) is 27.1. The molecule has 38 heavy (non-hydrogen) atoms. The summed E-state index contributed by atoms with van der Waals surface area (Å²) in [5.41, 5.74) is 0.641. The molecular weight excluding hydrogens is 514 g/mol. The lowest BCUT2D eigenvalue weighted by atomic mass is 10.1. The fourth-order valence-electron chi connectivity index (χ4n) is 4.11. The van der Waals surface area contributed by atoms with E-state index in [-0.39, 0.29) is 24.7 Å². The number of aromatic nitrogens is 3. The number of nitrogens with zero attached hydrogens (tertiary/aromatic N) is 4. The third-order valence-electron chi connectivity index (χ3n) is 6.03. The minimum absolute atomic E-state index is 0.0232. The van der Waals surface area contributed by atoms with Crippen molar-refractivity contribution in [2.75, 3.05) is 23.3 Å². The number of nitrogens with one attached hydrogen (secondary N) is 2. The van der Waals surface area contributed by atoms with E-state index in [4.69, 9.17) is 0 Å². The first-order valence-corrected chi connectivity index (χ1v) is 11.8. The Hall–Kier alpha value is -3.90. The van der Waals surface area contributed by atoms with Crippen molar-refractivity contribution in [2.45, 2.75) is 44.2 Å². The summed E-state index contributed by atoms with van der Waals surface area (Å²) in [5, 5.41) is 5.60. The smallest absolute Gasteiger partial charge is 0.366 e. The Morgan fingerprint density at radius 2 is 1.66 bits per heavy atom. The van der Waals surface area contributed by atoms with Crippen LogP contribution in [0.15, 0.2) is 54.9 Å². The van der Waals surface area contributed by atoms with Gasteiger partial charge in [-0.1, -0.05) is 12.1 Å². The van der Waals surface area contributed by atoms with Gasteiger partial charge in [0.1, 0.15) is 17.7 Å². The summed E-state index contributed by atoms with van der Waals surface area (Å²) in [5.74, 6) is -1.77. The van der Waals surface area contributed by atoms with Crippen LogP contribution in [0.3, 0.4) is 0 Å². The van der Waals surface area contributed by atoms with Gasteiger partial charge in [-0.15, -0.1) is 0 Å². The summed E-state index contributed by atoms with van der Waals surface area (Å²) in [4.78, 5) is 25.6. The minimum Gasteiger partial charge on any atom is -0.366 e. The van der Waals surface area contributed by atoms with Gasteiger partial charge in [-0.05, 0) is 54.7 Å². The van der Waals surface area contributed by atoms with Gasteiger partial charge in [-0.25, -0.2) is 9.97 Å². The first-order valence-electron chi connectivity index (χ1n) is 11.8. The van der Waals surface area contributed by atoms with E-state index in [1.807, 2.05) is 0 Å². The van der Waals surface area contributed by atoms with Gasteiger partial charge in [0, 0.05) is 38.1 Å². The molecule has 1 fully saturated rings. The van der Waals surface area contributed by atoms with Crippen LogP contribution in [0.25, 0.3) is 0 Å². The molecule has 1 amide bonds. The standard InChI is InChI=1S/C25H24F6N6O/c26-24(27,28)18-5-3-16(4-6-18)9-12-33-22(38)19-2-1-13-37(19)21-14-20(35-23(36-21)25(29,30)31)34-15-17-7-10-32-11-8-17/h3-8,10-11,14,19H,1-2,9,12-13,15H2,(H,33,38)(H,34,35,36)/t19-/m0/s1. The van der Waals surface area contributed by atoms with Crippen LogP contribution < -0.4 is 15.5 Å². The summed E-state index contributed by atoms with van der Waals surface area (Å²) in [6, 6.07) is 8.70. The summed E-state index contributed by atoms with van der Waals surface area (Å²) < 4.78 is 78.8. The van der Waals surface area contributed by atoms with Crippen LogP contribution in [0.2, 0.25) is 0 Å². The molecule has 1 aromatic carbocycles. The number of pyridine rings is 1. The van der Waals surface area contributed by atoms with E-state index in [9.17, 15) is 31.1 Å². The lowest BCUT2D eigenvalue weighted by Gasteiger charge is -2.26. The van der Waals surface area contributed by atoms with Crippen LogP contribution in [0.4, 0.5) is 38.0 Å². The van der Waals surface area contributed by atoms with Crippen LogP contribution in [-0.4, -0.2) is 40.0 Å². The predicted octanol–water partition coefficient (Wildman–Crippen LogP) is 4.85. The molecule has 202 valence electrons. The van der Waals surface area contributed by atoms with Crippen molar-refractivity contribution < 1.29 is 31.1 Å². The largest absolute Gasteiger partial charge is 0.451 e. The maximum atomic E-state index is 13.6. The summed E-state index contributed by atoms with van der Waals surface area (Å²) in [7, 11) is 0. The van der Waals surface area contributed by atoms with Gasteiger partial charge in [0.2, 0.25) is 11.7 Å². The zero-order chi connectivity index (χ0) is 27.3. The van der Waals surface area contributed by atoms with Gasteiger partial charge in [0.15, 0.2) is 0 Å². The SMILES string of the molecule is O=C(NCCc1ccc(C(F)(F)F)cc1)[C@@H]1CCCN1c1cc(NCc2ccncc2)nc(C(F)(F)F)n1. The lowest BCUT2D eigenvalue weighted by molar-refractivity contribution is -0.144. The van der Waals surface area contributed by atoms with Gasteiger partial charge in [0.25, 0.3) is 0 Å². The molecule has 3 heterocycles. The van der Waals surface area contributed by atoms with Crippen molar-refractivity contribution in [2.24, 2.45) is 0 Å².